The van der Waals surface area contributed by atoms with Gasteiger partial charge < -0.3 is 14.6 Å². The third kappa shape index (κ3) is 2.98. The maximum Gasteiger partial charge on any atom is 0.215 e. The summed E-state index contributed by atoms with van der Waals surface area (Å²) >= 11 is 0. The second-order valence-corrected chi connectivity index (χ2v) is 6.52. The molecule has 2 aromatic heterocycles. The van der Waals surface area contributed by atoms with Crippen LogP contribution in [0.4, 0.5) is 14.6 Å². The van der Waals surface area contributed by atoms with Crippen LogP contribution >= 0.6 is 0 Å². The number of imidazole rings is 1. The summed E-state index contributed by atoms with van der Waals surface area (Å²) < 4.78 is 29.5. The number of fused-ring (bicyclic) bond motifs is 1. The number of anilines is 1. The summed E-state index contributed by atoms with van der Waals surface area (Å²) in [6, 6.07) is 7.08. The molecule has 1 fully saturated rings. The SMILES string of the molecule is N#CC1(F)CCN(c2ncnc3c2ncn3C(CO)c2cccc(F)c2)C1. The van der Waals surface area contributed by atoms with Crippen LogP contribution < -0.4 is 4.90 Å². The van der Waals surface area contributed by atoms with Gasteiger partial charge in [0.05, 0.1) is 25.5 Å². The molecule has 138 valence electrons. The summed E-state index contributed by atoms with van der Waals surface area (Å²) in [6.45, 7) is -0.0217. The second-order valence-electron chi connectivity index (χ2n) is 6.52. The van der Waals surface area contributed by atoms with Gasteiger partial charge in [-0.15, -0.1) is 0 Å². The number of rotatable bonds is 4. The van der Waals surface area contributed by atoms with Crippen molar-refractivity contribution in [2.45, 2.75) is 18.1 Å². The molecule has 1 aliphatic rings. The van der Waals surface area contributed by atoms with Crippen LogP contribution in [-0.4, -0.2) is 50.0 Å². The lowest BCUT2D eigenvalue weighted by Gasteiger charge is -2.19. The third-order valence-electron chi connectivity index (χ3n) is 4.80. The number of hydrogen-bond donors (Lipinski definition) is 1. The first-order valence-electron chi connectivity index (χ1n) is 8.43. The molecule has 27 heavy (non-hydrogen) atoms. The van der Waals surface area contributed by atoms with E-state index in [0.717, 1.165) is 0 Å². The number of hydrogen-bond acceptors (Lipinski definition) is 6. The van der Waals surface area contributed by atoms with Crippen molar-refractivity contribution in [3.63, 3.8) is 0 Å². The fourth-order valence-electron chi connectivity index (χ4n) is 3.41. The smallest absolute Gasteiger partial charge is 0.215 e. The molecule has 9 heteroatoms. The quantitative estimate of drug-likeness (QED) is 0.755. The first-order valence-corrected chi connectivity index (χ1v) is 8.43. The lowest BCUT2D eigenvalue weighted by Crippen LogP contribution is -2.28. The van der Waals surface area contributed by atoms with E-state index in [0.29, 0.717) is 29.1 Å². The van der Waals surface area contributed by atoms with Crippen molar-refractivity contribution in [1.82, 2.24) is 19.5 Å². The lowest BCUT2D eigenvalue weighted by molar-refractivity contribution is 0.251. The van der Waals surface area contributed by atoms with Gasteiger partial charge in [-0.25, -0.2) is 23.7 Å². The molecule has 0 aliphatic carbocycles. The van der Waals surface area contributed by atoms with E-state index >= 15 is 0 Å². The summed E-state index contributed by atoms with van der Waals surface area (Å²) in [5.74, 6) is 0.0306. The van der Waals surface area contributed by atoms with Gasteiger partial charge in [-0.05, 0) is 17.7 Å². The lowest BCUT2D eigenvalue weighted by atomic mass is 10.1. The van der Waals surface area contributed by atoms with Gasteiger partial charge >= 0.3 is 0 Å². The molecule has 2 atom stereocenters. The third-order valence-corrected chi connectivity index (χ3v) is 4.80. The first-order chi connectivity index (χ1) is 13.0. The minimum absolute atomic E-state index is 0.0875. The van der Waals surface area contributed by atoms with Crippen molar-refractivity contribution >= 4 is 17.0 Å². The number of aromatic nitrogens is 4. The van der Waals surface area contributed by atoms with Gasteiger partial charge in [-0.3, -0.25) is 0 Å². The Balaban J connectivity index is 1.76. The number of nitrogens with zero attached hydrogens (tertiary/aromatic N) is 6. The second kappa shape index (κ2) is 6.55. The summed E-state index contributed by atoms with van der Waals surface area (Å²) in [5, 5.41) is 18.9. The van der Waals surface area contributed by atoms with Crippen LogP contribution in [0.15, 0.2) is 36.9 Å². The topological polar surface area (TPSA) is 90.9 Å². The molecule has 0 spiro atoms. The highest BCUT2D eigenvalue weighted by Crippen LogP contribution is 2.32. The van der Waals surface area contributed by atoms with E-state index in [1.54, 1.807) is 27.7 Å². The van der Waals surface area contributed by atoms with E-state index < -0.39 is 17.5 Å². The van der Waals surface area contributed by atoms with Gasteiger partial charge in [0, 0.05) is 13.0 Å². The van der Waals surface area contributed by atoms with Crippen LogP contribution in [0.1, 0.15) is 18.0 Å². The highest BCUT2D eigenvalue weighted by molar-refractivity contribution is 5.83. The van der Waals surface area contributed by atoms with Crippen molar-refractivity contribution in [3.05, 3.63) is 48.3 Å². The largest absolute Gasteiger partial charge is 0.394 e. The number of halogens is 2. The average molecular weight is 370 g/mol. The highest BCUT2D eigenvalue weighted by Gasteiger charge is 2.40. The monoisotopic (exact) mass is 370 g/mol. The van der Waals surface area contributed by atoms with Gasteiger partial charge in [0.15, 0.2) is 17.0 Å². The van der Waals surface area contributed by atoms with Crippen LogP contribution in [0, 0.1) is 17.1 Å². The molecule has 0 saturated carbocycles. The van der Waals surface area contributed by atoms with Gasteiger partial charge in [0.25, 0.3) is 0 Å². The molecule has 1 aromatic carbocycles. The van der Waals surface area contributed by atoms with Crippen LogP contribution in [0.3, 0.4) is 0 Å². The molecule has 2 unspecified atom stereocenters. The van der Waals surface area contributed by atoms with Crippen molar-refractivity contribution in [2.75, 3.05) is 24.6 Å². The zero-order valence-corrected chi connectivity index (χ0v) is 14.3. The Hall–Kier alpha value is -3.12. The Morgan fingerprint density at radius 3 is 2.89 bits per heavy atom. The molecule has 1 saturated heterocycles. The van der Waals surface area contributed by atoms with Crippen LogP contribution in [-0.2, 0) is 0 Å². The van der Waals surface area contributed by atoms with E-state index in [-0.39, 0.29) is 19.6 Å². The van der Waals surface area contributed by atoms with Crippen molar-refractivity contribution < 1.29 is 13.9 Å². The first kappa shape index (κ1) is 17.3. The summed E-state index contributed by atoms with van der Waals surface area (Å²) in [7, 11) is 0. The van der Waals surface area contributed by atoms with Crippen molar-refractivity contribution in [3.8, 4) is 6.07 Å². The highest BCUT2D eigenvalue weighted by atomic mass is 19.1. The summed E-state index contributed by atoms with van der Waals surface area (Å²) in [4.78, 5) is 14.5. The normalized spacial score (nSPS) is 20.7. The molecule has 7 nitrogen and oxygen atoms in total. The molecule has 0 bridgehead atoms. The van der Waals surface area contributed by atoms with Crippen LogP contribution in [0.2, 0.25) is 0 Å². The molecule has 3 aromatic rings. The minimum atomic E-state index is -1.91. The zero-order chi connectivity index (χ0) is 19.0. The van der Waals surface area contributed by atoms with Crippen molar-refractivity contribution in [2.24, 2.45) is 0 Å². The number of alkyl halides is 1. The van der Waals surface area contributed by atoms with Gasteiger partial charge in [-0.1, -0.05) is 12.1 Å². The molecular weight excluding hydrogens is 354 g/mol. The van der Waals surface area contributed by atoms with Crippen molar-refractivity contribution in [1.29, 1.82) is 5.26 Å². The minimum Gasteiger partial charge on any atom is -0.394 e. The Morgan fingerprint density at radius 1 is 1.33 bits per heavy atom. The predicted octanol–water partition coefficient (Wildman–Crippen LogP) is 1.99. The Morgan fingerprint density at radius 2 is 2.19 bits per heavy atom. The standard InChI is InChI=1S/C18H16F2N6O/c19-13-3-1-2-12(6-13)14(7-27)26-11-24-15-16(22-10-23-17(15)26)25-5-4-18(20,8-21)9-25/h1-3,6,10-11,14,27H,4-5,7,9H2. The Labute approximate surface area is 153 Å². The summed E-state index contributed by atoms with van der Waals surface area (Å²) in [5.41, 5.74) is -0.453. The molecule has 4 rings (SSSR count). The Kier molecular flexibility index (Phi) is 4.20. The Bertz CT molecular complexity index is 1030. The molecular formula is C18H16F2N6O. The van der Waals surface area contributed by atoms with E-state index in [2.05, 4.69) is 15.0 Å². The number of aliphatic hydroxyl groups excluding tert-OH is 1. The fourth-order valence-corrected chi connectivity index (χ4v) is 3.41. The predicted molar refractivity (Wildman–Crippen MR) is 93.2 cm³/mol. The maximum atomic E-state index is 14.3. The zero-order valence-electron chi connectivity index (χ0n) is 14.3. The van der Waals surface area contributed by atoms with Gasteiger partial charge in [-0.2, -0.15) is 5.26 Å². The summed E-state index contributed by atoms with van der Waals surface area (Å²) in [6.07, 6.45) is 2.93. The molecule has 1 N–H and O–H groups in total. The van der Waals surface area contributed by atoms with Gasteiger partial charge in [0.1, 0.15) is 18.2 Å². The number of benzene rings is 1. The van der Waals surface area contributed by atoms with Crippen LogP contribution in [0.5, 0.6) is 0 Å². The number of nitriles is 1. The average Bonchev–Trinajstić information content (AvgIpc) is 3.27. The molecule has 3 heterocycles. The van der Waals surface area contributed by atoms with E-state index in [1.165, 1.54) is 24.8 Å². The van der Waals surface area contributed by atoms with E-state index in [4.69, 9.17) is 5.26 Å². The van der Waals surface area contributed by atoms with Gasteiger partial charge in [0.2, 0.25) is 5.67 Å². The maximum absolute atomic E-state index is 14.3. The molecule has 1 aliphatic heterocycles. The molecule has 0 radical (unpaired) electrons. The molecule has 0 amide bonds. The van der Waals surface area contributed by atoms with E-state index in [1.807, 2.05) is 0 Å². The number of aliphatic hydroxyl groups is 1. The fraction of sp³-hybridized carbons (Fsp3) is 0.333. The van der Waals surface area contributed by atoms with E-state index in [9.17, 15) is 13.9 Å². The van der Waals surface area contributed by atoms with Crippen LogP contribution in [0.25, 0.3) is 11.2 Å².